The molecule has 350 valence electrons. The van der Waals surface area contributed by atoms with Crippen LogP contribution < -0.4 is 0 Å². The number of unbranched alkanes of at least 4 members (excludes halogenated alkanes) is 6. The molecule has 0 aromatic carbocycles. The summed E-state index contributed by atoms with van der Waals surface area (Å²) in [6.45, 7) is 7.51. The van der Waals surface area contributed by atoms with E-state index in [0.717, 1.165) is 80.1 Å². The van der Waals surface area contributed by atoms with Crippen molar-refractivity contribution in [2.75, 3.05) is 0 Å². The average molecular weight is 1820 g/mol. The van der Waals surface area contributed by atoms with E-state index in [1.807, 2.05) is 26.8 Å². The van der Waals surface area contributed by atoms with Crippen LogP contribution in [-0.4, -0.2) is 17.1 Å². The van der Waals surface area contributed by atoms with Crippen LogP contribution >= 0.6 is 151 Å². The van der Waals surface area contributed by atoms with Gasteiger partial charge in [0.2, 0.25) is 0 Å². The minimum atomic E-state index is -4.41. The molecule has 0 amide bonds. The van der Waals surface area contributed by atoms with Crippen LogP contribution in [0.25, 0.3) is 0 Å². The first-order valence-corrected chi connectivity index (χ1v) is 83.3. The van der Waals surface area contributed by atoms with Gasteiger partial charge in [-0.25, -0.2) is 0 Å². The SMILES string of the molecule is C/C=C/CCC/C=C/CCC[CH]=[W]([Cl])([Cl])([Cl])[Cl].C/C=C/CCC[CH]=[W]([Cl])([Cl])([Cl])[Cl].C1=CCCC1.C1=CCCC1.C[CH]=[W]([Cl])([Cl])([Cl])[Cl].C[C](C1=[C-]CCC1)=[W]([Cl])([Cl])([Cl])[Cl]. The molecule has 20 heteroatoms. The maximum absolute atomic E-state index is 5.93. The molecule has 3 rings (SSSR count). The second kappa shape index (κ2) is 33.7. The van der Waals surface area contributed by atoms with Crippen LogP contribution in [0.15, 0.2) is 66.3 Å². The van der Waals surface area contributed by atoms with Crippen LogP contribution in [0.2, 0.25) is 0 Å². The second-order valence-electron chi connectivity index (χ2n) is 12.6. The Hall–Kier alpha value is 5.31. The van der Waals surface area contributed by atoms with Crippen LogP contribution in [0.4, 0.5) is 0 Å². The van der Waals surface area contributed by atoms with Crippen molar-refractivity contribution in [3.8, 4) is 0 Å². The van der Waals surface area contributed by atoms with Crippen molar-refractivity contribution in [3.63, 3.8) is 0 Å². The first kappa shape index (κ1) is 67.6. The van der Waals surface area contributed by atoms with Gasteiger partial charge in [-0.1, -0.05) is 24.3 Å². The van der Waals surface area contributed by atoms with E-state index in [1.165, 1.54) is 49.3 Å². The van der Waals surface area contributed by atoms with Gasteiger partial charge in [0.05, 0.1) is 0 Å². The Morgan fingerprint density at radius 3 is 1.05 bits per heavy atom. The fourth-order valence-electron chi connectivity index (χ4n) is 4.18. The summed E-state index contributed by atoms with van der Waals surface area (Å²) in [5.74, 6) is 0. The van der Waals surface area contributed by atoms with Gasteiger partial charge in [0, 0.05) is 0 Å². The van der Waals surface area contributed by atoms with E-state index in [4.69, 9.17) is 151 Å². The molecule has 3 aliphatic rings. The summed E-state index contributed by atoms with van der Waals surface area (Å²) in [7, 11) is 74.7. The Morgan fingerprint density at radius 2 is 0.828 bits per heavy atom. The summed E-state index contributed by atoms with van der Waals surface area (Å²) in [4.78, 5) is 0. The predicted octanol–water partition coefficient (Wildman–Crippen LogP) is 22.4. The average Bonchev–Trinajstić information content (AvgIpc) is 3.90. The molecule has 0 spiro atoms. The minimum absolute atomic E-state index is 0.777. The molecule has 0 N–H and O–H groups in total. The molecule has 58 heavy (non-hydrogen) atoms. The van der Waals surface area contributed by atoms with E-state index in [-0.39, 0.29) is 0 Å². The van der Waals surface area contributed by atoms with Gasteiger partial charge in [0.1, 0.15) is 0 Å². The summed E-state index contributed by atoms with van der Waals surface area (Å²) in [5.41, 5.74) is 1.04. The van der Waals surface area contributed by atoms with E-state index < -0.39 is 40.7 Å². The third-order valence-corrected chi connectivity index (χ3v) is 41.0. The van der Waals surface area contributed by atoms with Crippen molar-refractivity contribution < 1.29 is 40.7 Å². The number of hydrogen-bond acceptors (Lipinski definition) is 0. The standard InChI is InChI=1S/C12H20.C7H9.C7H12.2C5H8.C2H4.16ClH.4W/c1-3-5-7-9-11-12-10-8-6-4-2;1-2-7-5-3-4-6-7;1-3-5-7-6-4-2;2*1-2-4-5-3-1;1-2;;;;;;;;;;;;;;;;;;;;/h1,4,6,9,11H,3,5,7-8,10,12H2,2H3;3-5H2,1H3;1,4,6H,3,5,7H2,2H3;2*1-2H,3-5H2;1H,2H3;16*1H;;;;/q;-1;;;;;;;;;;;;;;;;;;;;;4*+4/p-16/b6-4+,11-9+;;6-4+;;;;;;;;;;;;;;;;;;;;;;;. The van der Waals surface area contributed by atoms with Gasteiger partial charge in [-0.2, -0.15) is 0 Å². The van der Waals surface area contributed by atoms with Crippen LogP contribution in [0.1, 0.15) is 143 Å². The van der Waals surface area contributed by atoms with Crippen molar-refractivity contribution in [1.29, 1.82) is 0 Å². The van der Waals surface area contributed by atoms with Crippen molar-refractivity contribution in [3.05, 3.63) is 72.4 Å². The summed E-state index contributed by atoms with van der Waals surface area (Å²) in [6.07, 6.45) is 45.1. The molecular weight excluding hydrogens is 1760 g/mol. The van der Waals surface area contributed by atoms with Crippen LogP contribution in [0.3, 0.4) is 0 Å². The van der Waals surface area contributed by atoms with Crippen molar-refractivity contribution >= 4 is 168 Å². The van der Waals surface area contributed by atoms with Gasteiger partial charge in [0.15, 0.2) is 0 Å². The zero-order valence-electron chi connectivity index (χ0n) is 33.4. The topological polar surface area (TPSA) is 0 Å². The van der Waals surface area contributed by atoms with Crippen molar-refractivity contribution in [1.82, 2.24) is 0 Å². The number of allylic oxidation sites excluding steroid dienone is 12. The zero-order valence-corrected chi connectivity index (χ0v) is 57.2. The fraction of sp³-hybridized carbons (Fsp3) is 0.579. The molecule has 0 aromatic heterocycles. The summed E-state index contributed by atoms with van der Waals surface area (Å²) >= 11 is 0. The molecule has 0 unspecified atom stereocenters. The predicted molar refractivity (Wildman–Crippen MR) is 275 cm³/mol. The number of halogens is 16. The molecule has 0 bridgehead atoms. The van der Waals surface area contributed by atoms with Crippen molar-refractivity contribution in [2.45, 2.75) is 143 Å². The van der Waals surface area contributed by atoms with Gasteiger partial charge in [-0.15, -0.1) is 0 Å². The Bertz CT molecular complexity index is 1540. The van der Waals surface area contributed by atoms with E-state index in [9.17, 15) is 0 Å². The monoisotopic (exact) mass is 1810 g/mol. The molecule has 0 aliphatic heterocycles. The first-order chi connectivity index (χ1) is 26.2. The van der Waals surface area contributed by atoms with Gasteiger partial charge < -0.3 is 0 Å². The Balaban J connectivity index is -0.000000658. The molecule has 0 nitrogen and oxygen atoms in total. The maximum atomic E-state index is 5.93. The Morgan fingerprint density at radius 1 is 0.500 bits per heavy atom. The third kappa shape index (κ3) is 59.3. The third-order valence-electron chi connectivity index (χ3n) is 7.27. The summed E-state index contributed by atoms with van der Waals surface area (Å²) < 4.78 is 5.66. The second-order valence-corrected chi connectivity index (χ2v) is 153. The molecule has 0 heterocycles. The van der Waals surface area contributed by atoms with E-state index in [1.54, 1.807) is 15.7 Å². The summed E-state index contributed by atoms with van der Waals surface area (Å²) in [5, 5.41) is 0. The number of hydrogen-bond donors (Lipinski definition) is 0. The molecule has 0 atom stereocenters. The molecule has 0 fully saturated rings. The van der Waals surface area contributed by atoms with Crippen LogP contribution in [-0.2, 0) is 40.7 Å². The van der Waals surface area contributed by atoms with Gasteiger partial charge >= 0.3 is 361 Å². The summed E-state index contributed by atoms with van der Waals surface area (Å²) in [6, 6.07) is 0. The van der Waals surface area contributed by atoms with Gasteiger partial charge in [-0.3, -0.25) is 0 Å². The molecule has 0 aromatic rings. The van der Waals surface area contributed by atoms with Gasteiger partial charge in [-0.05, 0) is 38.5 Å². The zero-order chi connectivity index (χ0) is 45.6. The van der Waals surface area contributed by atoms with E-state index >= 15 is 0 Å². The fourth-order valence-corrected chi connectivity index (χ4v) is 18.8. The first-order valence-electron chi connectivity index (χ1n) is 18.6. The van der Waals surface area contributed by atoms with Gasteiger partial charge in [0.25, 0.3) is 0 Å². The van der Waals surface area contributed by atoms with E-state index in [2.05, 4.69) is 60.8 Å². The van der Waals surface area contributed by atoms with Crippen LogP contribution in [0, 0.1) is 6.08 Å². The Kier molecular flexibility index (Phi) is 39.3. The van der Waals surface area contributed by atoms with Crippen molar-refractivity contribution in [2.24, 2.45) is 0 Å². The molecule has 3 aliphatic carbocycles. The quantitative estimate of drug-likeness (QED) is 0.0979. The van der Waals surface area contributed by atoms with E-state index in [0.29, 0.717) is 0 Å². The normalized spacial score (nSPS) is 17.9. The Labute approximate surface area is 417 Å². The molecule has 0 saturated heterocycles. The molecule has 0 radical (unpaired) electrons. The number of rotatable bonds is 13. The molecular formula is C38H61Cl16W4-. The van der Waals surface area contributed by atoms with Crippen LogP contribution in [0.5, 0.6) is 0 Å². The molecule has 0 saturated carbocycles.